The van der Waals surface area contributed by atoms with Gasteiger partial charge >= 0.3 is 5.97 Å². The Balaban J connectivity index is 1.92. The molecule has 0 aliphatic carbocycles. The van der Waals surface area contributed by atoms with E-state index in [9.17, 15) is 9.90 Å². The largest absolute Gasteiger partial charge is 0.481 e. The standard InChI is InChI=1S/C12H12N2O3S/c13-11-14-8-2-1-7(3-9(8)18-11)4-12(10(15)16)5-17-6-12/h1-3H,4-6H2,(H2,13,14)(H,15,16). The quantitative estimate of drug-likeness (QED) is 0.878. The number of fused-ring (bicyclic) bond motifs is 1. The zero-order valence-corrected chi connectivity index (χ0v) is 10.4. The molecule has 1 aliphatic heterocycles. The Labute approximate surface area is 107 Å². The van der Waals surface area contributed by atoms with Gasteiger partial charge in [0, 0.05) is 0 Å². The summed E-state index contributed by atoms with van der Waals surface area (Å²) in [4.78, 5) is 15.4. The summed E-state index contributed by atoms with van der Waals surface area (Å²) < 4.78 is 6.04. The van der Waals surface area contributed by atoms with Crippen LogP contribution in [0.3, 0.4) is 0 Å². The minimum absolute atomic E-state index is 0.283. The molecule has 0 atom stereocenters. The van der Waals surface area contributed by atoms with Gasteiger partial charge in [-0.25, -0.2) is 4.98 Å². The molecule has 1 aromatic heterocycles. The van der Waals surface area contributed by atoms with Crippen molar-refractivity contribution < 1.29 is 14.6 Å². The topological polar surface area (TPSA) is 85.4 Å². The van der Waals surface area contributed by atoms with Crippen LogP contribution in [0, 0.1) is 5.41 Å². The van der Waals surface area contributed by atoms with E-state index < -0.39 is 11.4 Å². The highest BCUT2D eigenvalue weighted by molar-refractivity contribution is 7.22. The minimum atomic E-state index is -0.794. The number of thiazole rings is 1. The number of aromatic nitrogens is 1. The van der Waals surface area contributed by atoms with E-state index in [0.717, 1.165) is 15.8 Å². The van der Waals surface area contributed by atoms with Gasteiger partial charge in [0.15, 0.2) is 5.13 Å². The van der Waals surface area contributed by atoms with Crippen LogP contribution in [0.1, 0.15) is 5.56 Å². The monoisotopic (exact) mass is 264 g/mol. The molecule has 0 bridgehead atoms. The summed E-state index contributed by atoms with van der Waals surface area (Å²) in [6, 6.07) is 5.75. The van der Waals surface area contributed by atoms with Gasteiger partial charge in [0.1, 0.15) is 5.41 Å². The average Bonchev–Trinajstić information content (AvgIpc) is 2.62. The molecule has 0 spiro atoms. The highest BCUT2D eigenvalue weighted by Crippen LogP contribution is 2.33. The molecule has 1 saturated heterocycles. The maximum atomic E-state index is 11.3. The molecular weight excluding hydrogens is 252 g/mol. The minimum Gasteiger partial charge on any atom is -0.481 e. The predicted octanol–water partition coefficient (Wildman–Crippen LogP) is 1.52. The van der Waals surface area contributed by atoms with Crippen LogP contribution in [-0.4, -0.2) is 29.3 Å². The van der Waals surface area contributed by atoms with Gasteiger partial charge in [-0.05, 0) is 24.1 Å². The summed E-state index contributed by atoms with van der Waals surface area (Å²) in [5.41, 5.74) is 6.73. The fourth-order valence-electron chi connectivity index (χ4n) is 2.14. The van der Waals surface area contributed by atoms with Crippen molar-refractivity contribution >= 4 is 32.7 Å². The van der Waals surface area contributed by atoms with Crippen LogP contribution in [0.5, 0.6) is 0 Å². The predicted molar refractivity (Wildman–Crippen MR) is 68.6 cm³/mol. The number of carbonyl (C=O) groups is 1. The van der Waals surface area contributed by atoms with Gasteiger partial charge in [-0.2, -0.15) is 0 Å². The van der Waals surface area contributed by atoms with Crippen molar-refractivity contribution in [3.05, 3.63) is 23.8 Å². The molecule has 6 heteroatoms. The molecule has 2 aromatic rings. The van der Waals surface area contributed by atoms with Crippen molar-refractivity contribution in [2.24, 2.45) is 5.41 Å². The second-order valence-electron chi connectivity index (χ2n) is 4.61. The van der Waals surface area contributed by atoms with E-state index in [1.54, 1.807) is 0 Å². The first kappa shape index (κ1) is 11.4. The van der Waals surface area contributed by atoms with Gasteiger partial charge in [0.25, 0.3) is 0 Å². The molecular formula is C12H12N2O3S. The number of benzene rings is 1. The van der Waals surface area contributed by atoms with Crippen LogP contribution >= 0.6 is 11.3 Å². The molecule has 18 heavy (non-hydrogen) atoms. The Morgan fingerprint density at radius 3 is 2.94 bits per heavy atom. The van der Waals surface area contributed by atoms with Gasteiger partial charge in [-0.3, -0.25) is 4.79 Å². The number of hydrogen-bond acceptors (Lipinski definition) is 5. The molecule has 0 unspecified atom stereocenters. The Bertz CT molecular complexity index is 619. The molecule has 0 amide bonds. The molecule has 1 aliphatic rings. The number of carboxylic acids is 1. The van der Waals surface area contributed by atoms with E-state index in [1.807, 2.05) is 18.2 Å². The highest BCUT2D eigenvalue weighted by atomic mass is 32.1. The second kappa shape index (κ2) is 3.93. The third kappa shape index (κ3) is 1.74. The molecule has 3 rings (SSSR count). The zero-order valence-electron chi connectivity index (χ0n) is 9.55. The first-order valence-electron chi connectivity index (χ1n) is 5.55. The third-order valence-electron chi connectivity index (χ3n) is 3.22. The summed E-state index contributed by atoms with van der Waals surface area (Å²) in [5, 5.41) is 9.78. The Hall–Kier alpha value is -1.66. The lowest BCUT2D eigenvalue weighted by Gasteiger charge is -2.37. The fourth-order valence-corrected chi connectivity index (χ4v) is 2.94. The van der Waals surface area contributed by atoms with E-state index >= 15 is 0 Å². The first-order chi connectivity index (χ1) is 8.59. The van der Waals surface area contributed by atoms with E-state index in [4.69, 9.17) is 10.5 Å². The van der Waals surface area contributed by atoms with Crippen molar-refractivity contribution in [1.82, 2.24) is 4.98 Å². The number of nitrogen functional groups attached to an aromatic ring is 1. The zero-order chi connectivity index (χ0) is 12.8. The molecule has 94 valence electrons. The van der Waals surface area contributed by atoms with Crippen molar-refractivity contribution in [1.29, 1.82) is 0 Å². The van der Waals surface area contributed by atoms with Gasteiger partial charge in [0.05, 0.1) is 23.4 Å². The summed E-state index contributed by atoms with van der Waals surface area (Å²) in [7, 11) is 0. The van der Waals surface area contributed by atoms with Crippen molar-refractivity contribution in [2.75, 3.05) is 18.9 Å². The molecule has 0 radical (unpaired) electrons. The Kier molecular flexibility index (Phi) is 2.49. The number of aliphatic carboxylic acids is 1. The number of nitrogens with two attached hydrogens (primary N) is 1. The van der Waals surface area contributed by atoms with Crippen LogP contribution in [0.2, 0.25) is 0 Å². The Morgan fingerprint density at radius 2 is 2.33 bits per heavy atom. The summed E-state index contributed by atoms with van der Waals surface area (Å²) in [5.74, 6) is -0.794. The smallest absolute Gasteiger partial charge is 0.314 e. The van der Waals surface area contributed by atoms with Crippen molar-refractivity contribution in [2.45, 2.75) is 6.42 Å². The number of ether oxygens (including phenoxy) is 1. The van der Waals surface area contributed by atoms with Gasteiger partial charge < -0.3 is 15.6 Å². The van der Waals surface area contributed by atoms with Gasteiger partial charge in [0.2, 0.25) is 0 Å². The average molecular weight is 264 g/mol. The lowest BCUT2D eigenvalue weighted by atomic mass is 9.80. The lowest BCUT2D eigenvalue weighted by Crippen LogP contribution is -2.50. The molecule has 0 saturated carbocycles. The van der Waals surface area contributed by atoms with Crippen LogP contribution < -0.4 is 5.73 Å². The molecule has 1 aromatic carbocycles. The maximum absolute atomic E-state index is 11.3. The van der Waals surface area contributed by atoms with E-state index in [1.165, 1.54) is 11.3 Å². The van der Waals surface area contributed by atoms with Gasteiger partial charge in [-0.1, -0.05) is 17.4 Å². The number of rotatable bonds is 3. The van der Waals surface area contributed by atoms with Crippen molar-refractivity contribution in [3.63, 3.8) is 0 Å². The number of hydrogen-bond donors (Lipinski definition) is 2. The lowest BCUT2D eigenvalue weighted by molar-refractivity contribution is -0.179. The van der Waals surface area contributed by atoms with Crippen LogP contribution in [0.15, 0.2) is 18.2 Å². The third-order valence-corrected chi connectivity index (χ3v) is 4.07. The highest BCUT2D eigenvalue weighted by Gasteiger charge is 2.46. The second-order valence-corrected chi connectivity index (χ2v) is 5.67. The normalized spacial score (nSPS) is 17.6. The maximum Gasteiger partial charge on any atom is 0.314 e. The fraction of sp³-hybridized carbons (Fsp3) is 0.333. The van der Waals surface area contributed by atoms with E-state index in [2.05, 4.69) is 4.98 Å². The molecule has 1 fully saturated rings. The number of anilines is 1. The van der Waals surface area contributed by atoms with Crippen LogP contribution in [0.4, 0.5) is 5.13 Å². The van der Waals surface area contributed by atoms with Gasteiger partial charge in [-0.15, -0.1) is 0 Å². The molecule has 5 nitrogen and oxygen atoms in total. The van der Waals surface area contributed by atoms with Crippen LogP contribution in [-0.2, 0) is 16.0 Å². The van der Waals surface area contributed by atoms with Crippen LogP contribution in [0.25, 0.3) is 10.2 Å². The summed E-state index contributed by atoms with van der Waals surface area (Å²) >= 11 is 1.41. The van der Waals surface area contributed by atoms with Crippen molar-refractivity contribution in [3.8, 4) is 0 Å². The summed E-state index contributed by atoms with van der Waals surface area (Å²) in [6.45, 7) is 0.566. The molecule has 3 N–H and O–H groups in total. The SMILES string of the molecule is Nc1nc2ccc(CC3(C(=O)O)COC3)cc2s1. The number of nitrogens with zero attached hydrogens (tertiary/aromatic N) is 1. The van der Waals surface area contributed by atoms with E-state index in [0.29, 0.717) is 11.6 Å². The Morgan fingerprint density at radius 1 is 1.56 bits per heavy atom. The first-order valence-corrected chi connectivity index (χ1v) is 6.37. The molecule has 2 heterocycles. The van der Waals surface area contributed by atoms with E-state index in [-0.39, 0.29) is 13.2 Å². The number of carboxylic acid groups (broad SMARTS) is 1. The summed E-state index contributed by atoms with van der Waals surface area (Å²) in [6.07, 6.45) is 0.482.